The van der Waals surface area contributed by atoms with Crippen LogP contribution in [0.4, 0.5) is 0 Å². The lowest BCUT2D eigenvalue weighted by Crippen LogP contribution is -1.93. The molecule has 6 nitrogen and oxygen atoms in total. The van der Waals surface area contributed by atoms with Crippen molar-refractivity contribution in [3.63, 3.8) is 0 Å². The van der Waals surface area contributed by atoms with Crippen LogP contribution < -0.4 is 9.05 Å². The Bertz CT molecular complexity index is 537. The van der Waals surface area contributed by atoms with Gasteiger partial charge < -0.3 is 0 Å². The molecule has 21 heavy (non-hydrogen) atoms. The minimum atomic E-state index is -2.41. The fraction of sp³-hybridized carbons (Fsp3) is 0.0769. The Morgan fingerprint density at radius 3 is 1.43 bits per heavy atom. The summed E-state index contributed by atoms with van der Waals surface area (Å²) in [6, 6.07) is 17.1. The molecule has 2 rings (SSSR count). The number of rotatable bonds is 8. The fourth-order valence-electron chi connectivity index (χ4n) is 1.30. The van der Waals surface area contributed by atoms with Gasteiger partial charge in [-0.15, -0.1) is 0 Å². The van der Waals surface area contributed by atoms with E-state index in [1.807, 2.05) is 0 Å². The van der Waals surface area contributed by atoms with Crippen molar-refractivity contribution in [3.05, 3.63) is 60.7 Å². The molecule has 0 N–H and O–H groups in total. The highest BCUT2D eigenvalue weighted by molar-refractivity contribution is 7.34. The van der Waals surface area contributed by atoms with Gasteiger partial charge in [0.05, 0.1) is 0 Å². The minimum Gasteiger partial charge on any atom is -0.229 e. The third-order valence-corrected chi connectivity index (χ3v) is 3.51. The van der Waals surface area contributed by atoms with Crippen LogP contribution in [0, 0.1) is 0 Å². The topological polar surface area (TPSA) is 71.1 Å². The van der Waals surface area contributed by atoms with E-state index in [1.54, 1.807) is 60.7 Å². The highest BCUT2D eigenvalue weighted by Gasteiger charge is 2.28. The second-order valence-electron chi connectivity index (χ2n) is 3.63. The SMILES string of the molecule is O=[P+](OCO[P+](=O)Oc1ccccc1)Oc1ccccc1. The van der Waals surface area contributed by atoms with Crippen molar-refractivity contribution in [2.24, 2.45) is 0 Å². The standard InChI is InChI=1S/C13H12O6P2/c14-20(18-12-7-3-1-4-8-12)16-11-17-21(15)19-13-9-5-2-6-10-13/h1-10H,11H2/q+2. The van der Waals surface area contributed by atoms with Gasteiger partial charge in [-0.05, 0) is 24.3 Å². The second-order valence-corrected chi connectivity index (χ2v) is 5.41. The first-order valence-corrected chi connectivity index (χ1v) is 8.09. The first kappa shape index (κ1) is 15.5. The molecule has 0 radical (unpaired) electrons. The zero-order chi connectivity index (χ0) is 14.9. The van der Waals surface area contributed by atoms with Gasteiger partial charge in [0.1, 0.15) is 0 Å². The van der Waals surface area contributed by atoms with Gasteiger partial charge in [-0.25, -0.2) is 9.05 Å². The summed E-state index contributed by atoms with van der Waals surface area (Å²) in [5.41, 5.74) is 0. The van der Waals surface area contributed by atoms with Crippen molar-refractivity contribution in [2.75, 3.05) is 6.79 Å². The lowest BCUT2D eigenvalue weighted by molar-refractivity contribution is 0.114. The van der Waals surface area contributed by atoms with E-state index < -0.39 is 23.3 Å². The molecule has 0 aliphatic carbocycles. The molecule has 0 fully saturated rings. The zero-order valence-corrected chi connectivity index (χ0v) is 12.6. The summed E-state index contributed by atoms with van der Waals surface area (Å²) in [5.74, 6) is 0.812. The molecule has 8 heteroatoms. The smallest absolute Gasteiger partial charge is 0.229 e. The van der Waals surface area contributed by atoms with Crippen molar-refractivity contribution in [2.45, 2.75) is 0 Å². The Morgan fingerprint density at radius 2 is 1.05 bits per heavy atom. The molecule has 0 aliphatic rings. The van der Waals surface area contributed by atoms with E-state index in [4.69, 9.17) is 18.1 Å². The Morgan fingerprint density at radius 1 is 0.667 bits per heavy atom. The van der Waals surface area contributed by atoms with Gasteiger partial charge >= 0.3 is 16.5 Å². The Kier molecular flexibility index (Phi) is 6.25. The number of hydrogen-bond donors (Lipinski definition) is 0. The van der Waals surface area contributed by atoms with Gasteiger partial charge in [0, 0.05) is 9.13 Å². The van der Waals surface area contributed by atoms with Crippen LogP contribution in [-0.4, -0.2) is 6.79 Å². The molecular formula is C13H12O6P2+2. The average molecular weight is 326 g/mol. The molecule has 0 aliphatic heterocycles. The molecule has 0 heterocycles. The van der Waals surface area contributed by atoms with Crippen LogP contribution in [0.15, 0.2) is 60.7 Å². The lowest BCUT2D eigenvalue weighted by Gasteiger charge is -1.91. The quantitative estimate of drug-likeness (QED) is 0.527. The van der Waals surface area contributed by atoms with E-state index in [1.165, 1.54) is 0 Å². The Balaban J connectivity index is 1.67. The van der Waals surface area contributed by atoms with Crippen LogP contribution in [0.25, 0.3) is 0 Å². The van der Waals surface area contributed by atoms with Gasteiger partial charge in [-0.1, -0.05) is 45.4 Å². The maximum absolute atomic E-state index is 11.4. The van der Waals surface area contributed by atoms with E-state index in [0.717, 1.165) is 0 Å². The molecular weight excluding hydrogens is 314 g/mol. The van der Waals surface area contributed by atoms with Gasteiger partial charge in [0.15, 0.2) is 11.5 Å². The molecule has 0 saturated heterocycles. The van der Waals surface area contributed by atoms with Gasteiger partial charge in [0.25, 0.3) is 6.79 Å². The summed E-state index contributed by atoms with van der Waals surface area (Å²) < 4.78 is 42.4. The summed E-state index contributed by atoms with van der Waals surface area (Å²) in [5, 5.41) is 0. The molecule has 2 aromatic rings. The molecule has 0 bridgehead atoms. The summed E-state index contributed by atoms with van der Waals surface area (Å²) in [6.07, 6.45) is 0. The maximum atomic E-state index is 11.4. The molecule has 2 unspecified atom stereocenters. The minimum absolute atomic E-state index is 0.406. The Hall–Kier alpha value is -1.84. The summed E-state index contributed by atoms with van der Waals surface area (Å²) in [4.78, 5) is 0. The van der Waals surface area contributed by atoms with Crippen molar-refractivity contribution >= 4 is 16.5 Å². The number of benzene rings is 2. The third kappa shape index (κ3) is 5.98. The molecule has 2 atom stereocenters. The first-order valence-electron chi connectivity index (χ1n) is 5.90. The normalized spacial score (nSPS) is 11.6. The van der Waals surface area contributed by atoms with E-state index in [9.17, 15) is 9.13 Å². The van der Waals surface area contributed by atoms with Gasteiger partial charge in [-0.3, -0.25) is 0 Å². The van der Waals surface area contributed by atoms with Gasteiger partial charge in [-0.2, -0.15) is 0 Å². The van der Waals surface area contributed by atoms with E-state index in [0.29, 0.717) is 11.5 Å². The van der Waals surface area contributed by atoms with Crippen molar-refractivity contribution < 1.29 is 27.2 Å². The molecule has 108 valence electrons. The van der Waals surface area contributed by atoms with Crippen LogP contribution in [0.2, 0.25) is 0 Å². The van der Waals surface area contributed by atoms with E-state index in [-0.39, 0.29) is 0 Å². The molecule has 0 spiro atoms. The predicted octanol–water partition coefficient (Wildman–Crippen LogP) is 4.45. The number of hydrogen-bond acceptors (Lipinski definition) is 6. The molecule has 2 aromatic carbocycles. The zero-order valence-electron chi connectivity index (χ0n) is 10.8. The Labute approximate surface area is 123 Å². The van der Waals surface area contributed by atoms with Crippen molar-refractivity contribution in [1.82, 2.24) is 0 Å². The molecule has 0 amide bonds. The summed E-state index contributed by atoms with van der Waals surface area (Å²) in [7, 11) is -4.81. The third-order valence-electron chi connectivity index (χ3n) is 2.16. The lowest BCUT2D eigenvalue weighted by atomic mass is 10.3. The predicted molar refractivity (Wildman–Crippen MR) is 76.4 cm³/mol. The van der Waals surface area contributed by atoms with Crippen LogP contribution in [-0.2, 0) is 18.2 Å². The van der Waals surface area contributed by atoms with E-state index in [2.05, 4.69) is 0 Å². The van der Waals surface area contributed by atoms with E-state index >= 15 is 0 Å². The summed E-state index contributed by atoms with van der Waals surface area (Å²) in [6.45, 7) is -0.468. The van der Waals surface area contributed by atoms with Crippen LogP contribution >= 0.6 is 16.5 Å². The van der Waals surface area contributed by atoms with Crippen LogP contribution in [0.5, 0.6) is 11.5 Å². The number of para-hydroxylation sites is 2. The van der Waals surface area contributed by atoms with Gasteiger partial charge in [0.2, 0.25) is 0 Å². The summed E-state index contributed by atoms with van der Waals surface area (Å²) >= 11 is 0. The fourth-order valence-corrected chi connectivity index (χ4v) is 2.35. The monoisotopic (exact) mass is 326 g/mol. The largest absolute Gasteiger partial charge is 0.752 e. The first-order chi connectivity index (χ1) is 10.2. The highest BCUT2D eigenvalue weighted by atomic mass is 31.1. The second kappa shape index (κ2) is 8.45. The molecule has 0 saturated carbocycles. The van der Waals surface area contributed by atoms with Crippen LogP contribution in [0.1, 0.15) is 0 Å². The average Bonchev–Trinajstić information content (AvgIpc) is 2.49. The highest BCUT2D eigenvalue weighted by Crippen LogP contribution is 2.31. The maximum Gasteiger partial charge on any atom is 0.752 e. The van der Waals surface area contributed by atoms with Crippen molar-refractivity contribution in [1.29, 1.82) is 0 Å². The van der Waals surface area contributed by atoms with Crippen molar-refractivity contribution in [3.8, 4) is 11.5 Å². The molecule has 0 aromatic heterocycles. The van der Waals surface area contributed by atoms with Crippen LogP contribution in [0.3, 0.4) is 0 Å².